The lowest BCUT2D eigenvalue weighted by molar-refractivity contribution is 0.669. The Balaban J connectivity index is 1.10. The van der Waals surface area contributed by atoms with Gasteiger partial charge in [-0.3, -0.25) is 0 Å². The van der Waals surface area contributed by atoms with Gasteiger partial charge < -0.3 is 9.32 Å². The van der Waals surface area contributed by atoms with Crippen LogP contribution in [-0.4, -0.2) is 0 Å². The molecule has 258 valence electrons. The Labute approximate surface area is 322 Å². The summed E-state index contributed by atoms with van der Waals surface area (Å²) in [6.07, 6.45) is 0. The normalized spacial score (nSPS) is 11.6. The molecule has 0 atom stereocenters. The Bertz CT molecular complexity index is 3190. The van der Waals surface area contributed by atoms with Crippen LogP contribution in [0.2, 0.25) is 0 Å². The Hall–Kier alpha value is -6.94. The average molecular weight is 720 g/mol. The number of hydrogen-bond acceptors (Lipinski definition) is 3. The summed E-state index contributed by atoms with van der Waals surface area (Å²) in [4.78, 5) is 2.46. The number of rotatable bonds is 6. The second kappa shape index (κ2) is 12.9. The lowest BCUT2D eigenvalue weighted by Gasteiger charge is -2.29. The first-order valence-corrected chi connectivity index (χ1v) is 19.5. The fourth-order valence-corrected chi connectivity index (χ4v) is 9.47. The van der Waals surface area contributed by atoms with E-state index in [1.165, 1.54) is 58.9 Å². The summed E-state index contributed by atoms with van der Waals surface area (Å²) in [6.45, 7) is 0. The van der Waals surface area contributed by atoms with Crippen LogP contribution in [0.3, 0.4) is 0 Å². The minimum absolute atomic E-state index is 0.902. The molecule has 0 saturated heterocycles. The third-order valence-corrected chi connectivity index (χ3v) is 12.1. The summed E-state index contributed by atoms with van der Waals surface area (Å²) in [5.41, 5.74) is 12.3. The highest BCUT2D eigenvalue weighted by atomic mass is 32.1. The van der Waals surface area contributed by atoms with Crippen molar-refractivity contribution in [2.75, 3.05) is 4.90 Å². The number of anilines is 3. The van der Waals surface area contributed by atoms with Gasteiger partial charge in [-0.15, -0.1) is 11.3 Å². The summed E-state index contributed by atoms with van der Waals surface area (Å²) in [7, 11) is 0. The molecule has 3 heteroatoms. The van der Waals surface area contributed by atoms with Crippen LogP contribution in [0.15, 0.2) is 205 Å². The highest BCUT2D eigenvalue weighted by Gasteiger charge is 2.23. The number of hydrogen-bond donors (Lipinski definition) is 0. The molecule has 0 spiro atoms. The van der Waals surface area contributed by atoms with Crippen molar-refractivity contribution in [3.63, 3.8) is 0 Å². The molecular weight excluding hydrogens is 687 g/mol. The number of benzene rings is 9. The predicted molar refractivity (Wildman–Crippen MR) is 235 cm³/mol. The minimum Gasteiger partial charge on any atom is -0.456 e. The van der Waals surface area contributed by atoms with E-state index >= 15 is 0 Å². The van der Waals surface area contributed by atoms with Crippen LogP contribution in [-0.2, 0) is 0 Å². The molecule has 0 unspecified atom stereocenters. The maximum atomic E-state index is 6.27. The molecule has 2 nitrogen and oxygen atoms in total. The van der Waals surface area contributed by atoms with Gasteiger partial charge in [-0.05, 0) is 87.1 Å². The maximum absolute atomic E-state index is 6.27. The van der Waals surface area contributed by atoms with E-state index in [4.69, 9.17) is 4.42 Å². The van der Waals surface area contributed by atoms with Gasteiger partial charge >= 0.3 is 0 Å². The Kier molecular flexibility index (Phi) is 7.39. The van der Waals surface area contributed by atoms with E-state index < -0.39 is 0 Å². The van der Waals surface area contributed by atoms with Crippen molar-refractivity contribution < 1.29 is 4.42 Å². The van der Waals surface area contributed by atoms with Crippen molar-refractivity contribution in [2.24, 2.45) is 0 Å². The van der Waals surface area contributed by atoms with Crippen LogP contribution in [0.4, 0.5) is 17.1 Å². The highest BCUT2D eigenvalue weighted by Crippen LogP contribution is 2.50. The van der Waals surface area contributed by atoms with Gasteiger partial charge in [-0.1, -0.05) is 152 Å². The summed E-state index contributed by atoms with van der Waals surface area (Å²) in [5, 5.41) is 7.33. The molecule has 0 radical (unpaired) electrons. The maximum Gasteiger partial charge on any atom is 0.136 e. The van der Waals surface area contributed by atoms with E-state index in [2.05, 4.69) is 193 Å². The second-order valence-corrected chi connectivity index (χ2v) is 15.1. The van der Waals surface area contributed by atoms with E-state index in [0.717, 1.165) is 44.4 Å². The van der Waals surface area contributed by atoms with Crippen LogP contribution in [0.25, 0.3) is 86.3 Å². The molecule has 0 aliphatic carbocycles. The Morgan fingerprint density at radius 2 is 0.964 bits per heavy atom. The van der Waals surface area contributed by atoms with Crippen LogP contribution in [0, 0.1) is 0 Å². The van der Waals surface area contributed by atoms with Gasteiger partial charge in [0.25, 0.3) is 0 Å². The summed E-state index contributed by atoms with van der Waals surface area (Å²) in [6, 6.07) is 72.3. The first-order chi connectivity index (χ1) is 27.3. The number of furan rings is 1. The van der Waals surface area contributed by atoms with Crippen molar-refractivity contribution in [1.82, 2.24) is 0 Å². The molecule has 2 aromatic heterocycles. The largest absolute Gasteiger partial charge is 0.456 e. The molecule has 0 amide bonds. The van der Waals surface area contributed by atoms with Crippen molar-refractivity contribution in [2.45, 2.75) is 0 Å². The summed E-state index contributed by atoms with van der Waals surface area (Å²) >= 11 is 1.87. The van der Waals surface area contributed by atoms with Crippen molar-refractivity contribution in [3.8, 4) is 33.4 Å². The lowest BCUT2D eigenvalue weighted by atomic mass is 9.97. The van der Waals surface area contributed by atoms with E-state index in [9.17, 15) is 0 Å². The van der Waals surface area contributed by atoms with Crippen molar-refractivity contribution in [1.29, 1.82) is 0 Å². The zero-order valence-electron chi connectivity index (χ0n) is 29.8. The molecule has 0 saturated carbocycles. The molecule has 0 aliphatic heterocycles. The van der Waals surface area contributed by atoms with Gasteiger partial charge in [-0.2, -0.15) is 0 Å². The lowest BCUT2D eigenvalue weighted by Crippen LogP contribution is -2.11. The summed E-state index contributed by atoms with van der Waals surface area (Å²) < 4.78 is 8.82. The SMILES string of the molecule is c1ccc(-c2ccc3c(sc4ccccc43)c2N(c2ccc(-c3ccc4c(c3)oc3ccccc34)cc2)c2ccc(-c3cccc4ccccc34)cc2)cc1. The monoisotopic (exact) mass is 719 g/mol. The van der Waals surface area contributed by atoms with Crippen LogP contribution in [0.5, 0.6) is 0 Å². The van der Waals surface area contributed by atoms with E-state index in [1.54, 1.807) is 0 Å². The molecule has 9 aromatic carbocycles. The van der Waals surface area contributed by atoms with Gasteiger partial charge in [0, 0.05) is 43.2 Å². The first-order valence-electron chi connectivity index (χ1n) is 18.7. The van der Waals surface area contributed by atoms with E-state index in [-0.39, 0.29) is 0 Å². The number of para-hydroxylation sites is 1. The van der Waals surface area contributed by atoms with Gasteiger partial charge in [-0.25, -0.2) is 0 Å². The summed E-state index contributed by atoms with van der Waals surface area (Å²) in [5.74, 6) is 0. The standard InChI is InChI=1S/C52H33NOS/c1-2-11-36(12-3-1)43-31-32-47-46-17-7-9-20-50(46)55-52(47)51(43)53(40-28-23-37(24-29-40)42-18-10-14-35-13-4-5-15-41(35)42)39-26-21-34(22-27-39)38-25-30-45-44-16-6-8-19-48(44)54-49(45)33-38/h1-33H. The molecule has 11 rings (SSSR count). The van der Waals surface area contributed by atoms with Gasteiger partial charge in [0.1, 0.15) is 11.2 Å². The minimum atomic E-state index is 0.902. The van der Waals surface area contributed by atoms with Gasteiger partial charge in [0.05, 0.1) is 10.4 Å². The molecule has 2 heterocycles. The van der Waals surface area contributed by atoms with Crippen molar-refractivity contribution in [3.05, 3.63) is 200 Å². The smallest absolute Gasteiger partial charge is 0.136 e. The zero-order valence-corrected chi connectivity index (χ0v) is 30.6. The second-order valence-electron chi connectivity index (χ2n) is 14.1. The fourth-order valence-electron chi connectivity index (χ4n) is 8.23. The molecule has 0 fully saturated rings. The topological polar surface area (TPSA) is 16.4 Å². The quantitative estimate of drug-likeness (QED) is 0.170. The molecule has 0 bridgehead atoms. The van der Waals surface area contributed by atoms with Gasteiger partial charge in [0.2, 0.25) is 0 Å². The molecule has 11 aromatic rings. The van der Waals surface area contributed by atoms with Gasteiger partial charge in [0.15, 0.2) is 0 Å². The first kappa shape index (κ1) is 31.6. The number of fused-ring (bicyclic) bond motifs is 7. The van der Waals surface area contributed by atoms with Crippen LogP contribution >= 0.6 is 11.3 Å². The third kappa shape index (κ3) is 5.32. The molecule has 55 heavy (non-hydrogen) atoms. The fraction of sp³-hybridized carbons (Fsp3) is 0. The Morgan fingerprint density at radius 3 is 1.78 bits per heavy atom. The van der Waals surface area contributed by atoms with E-state index in [1.807, 2.05) is 23.5 Å². The van der Waals surface area contributed by atoms with Crippen molar-refractivity contribution >= 4 is 81.3 Å². The van der Waals surface area contributed by atoms with E-state index in [0.29, 0.717) is 0 Å². The number of thiophene rings is 1. The number of nitrogens with zero attached hydrogens (tertiary/aromatic N) is 1. The van der Waals surface area contributed by atoms with Crippen LogP contribution in [0.1, 0.15) is 0 Å². The Morgan fingerprint density at radius 1 is 0.364 bits per heavy atom. The third-order valence-electron chi connectivity index (χ3n) is 10.9. The predicted octanol–water partition coefficient (Wildman–Crippen LogP) is 15.6. The zero-order chi connectivity index (χ0) is 36.3. The molecular formula is C52H33NOS. The van der Waals surface area contributed by atoms with Crippen LogP contribution < -0.4 is 4.90 Å². The molecule has 0 N–H and O–H groups in total. The molecule has 0 aliphatic rings. The highest BCUT2D eigenvalue weighted by molar-refractivity contribution is 7.26. The average Bonchev–Trinajstić information content (AvgIpc) is 3.83.